The van der Waals surface area contributed by atoms with Crippen molar-refractivity contribution in [1.29, 1.82) is 0 Å². The maximum Gasteiger partial charge on any atom is 0.321 e. The molecular weight excluding hydrogens is 378 g/mol. The number of anilines is 1. The number of likely N-dealkylation sites (tertiary alicyclic amines) is 1. The summed E-state index contributed by atoms with van der Waals surface area (Å²) in [6.07, 6.45) is 1.56. The molecule has 1 heterocycles. The van der Waals surface area contributed by atoms with Crippen LogP contribution in [0.5, 0.6) is 5.75 Å². The molecule has 1 aliphatic heterocycles. The standard InChI is InChI=1S/C24H31N3O3/c1-4-30-21-12-10-20(11-13-21)26-23(29)27-15-7-14-24(3,17-27)22(28)25-16-19-9-6-5-8-18(19)2/h5-6,8-13H,4,7,14-17H2,1-3H3,(H,25,28)(H,26,29)/t24-/m1/s1. The van der Waals surface area contributed by atoms with Crippen LogP contribution >= 0.6 is 0 Å². The van der Waals surface area contributed by atoms with Crippen molar-refractivity contribution in [2.75, 3.05) is 25.0 Å². The number of nitrogens with one attached hydrogen (secondary N) is 2. The smallest absolute Gasteiger partial charge is 0.321 e. The fourth-order valence-electron chi connectivity index (χ4n) is 3.80. The summed E-state index contributed by atoms with van der Waals surface area (Å²) in [7, 11) is 0. The summed E-state index contributed by atoms with van der Waals surface area (Å²) in [6.45, 7) is 8.05. The van der Waals surface area contributed by atoms with Crippen LogP contribution in [-0.4, -0.2) is 36.5 Å². The molecule has 0 unspecified atom stereocenters. The number of nitrogens with zero attached hydrogens (tertiary/aromatic N) is 1. The van der Waals surface area contributed by atoms with E-state index in [-0.39, 0.29) is 11.9 Å². The van der Waals surface area contributed by atoms with E-state index in [9.17, 15) is 9.59 Å². The van der Waals surface area contributed by atoms with Crippen LogP contribution in [0.15, 0.2) is 48.5 Å². The Balaban J connectivity index is 1.58. The second-order valence-electron chi connectivity index (χ2n) is 8.08. The number of amides is 3. The Hall–Kier alpha value is -3.02. The van der Waals surface area contributed by atoms with Crippen LogP contribution in [0.25, 0.3) is 0 Å². The number of carbonyl (C=O) groups excluding carboxylic acids is 2. The van der Waals surface area contributed by atoms with Gasteiger partial charge in [0.1, 0.15) is 5.75 Å². The molecule has 1 atom stereocenters. The summed E-state index contributed by atoms with van der Waals surface area (Å²) in [6, 6.07) is 15.1. The van der Waals surface area contributed by atoms with E-state index in [4.69, 9.17) is 4.74 Å². The predicted octanol–water partition coefficient (Wildman–Crippen LogP) is 4.34. The molecule has 1 fully saturated rings. The maximum atomic E-state index is 12.9. The van der Waals surface area contributed by atoms with Gasteiger partial charge in [-0.25, -0.2) is 4.79 Å². The van der Waals surface area contributed by atoms with Crippen molar-refractivity contribution in [3.8, 4) is 5.75 Å². The van der Waals surface area contributed by atoms with E-state index < -0.39 is 5.41 Å². The summed E-state index contributed by atoms with van der Waals surface area (Å²) < 4.78 is 5.43. The lowest BCUT2D eigenvalue weighted by molar-refractivity contribution is -0.132. The first kappa shape index (κ1) is 21.7. The lowest BCUT2D eigenvalue weighted by Gasteiger charge is -2.39. The molecule has 160 valence electrons. The average molecular weight is 410 g/mol. The van der Waals surface area contributed by atoms with Gasteiger partial charge in [-0.3, -0.25) is 4.79 Å². The molecule has 0 aromatic heterocycles. The zero-order valence-corrected chi connectivity index (χ0v) is 18.0. The highest BCUT2D eigenvalue weighted by Gasteiger charge is 2.39. The van der Waals surface area contributed by atoms with Gasteiger partial charge in [-0.15, -0.1) is 0 Å². The Morgan fingerprint density at radius 3 is 2.57 bits per heavy atom. The molecule has 0 saturated carbocycles. The molecule has 0 bridgehead atoms. The van der Waals surface area contributed by atoms with Crippen LogP contribution in [0.1, 0.15) is 37.8 Å². The lowest BCUT2D eigenvalue weighted by atomic mass is 9.81. The Kier molecular flexibility index (Phi) is 6.98. The molecule has 0 spiro atoms. The fourth-order valence-corrected chi connectivity index (χ4v) is 3.80. The Bertz CT molecular complexity index is 882. The number of ether oxygens (including phenoxy) is 1. The molecule has 6 heteroatoms. The largest absolute Gasteiger partial charge is 0.494 e. The topological polar surface area (TPSA) is 70.7 Å². The van der Waals surface area contributed by atoms with Gasteiger partial charge in [0.05, 0.1) is 12.0 Å². The molecule has 0 radical (unpaired) electrons. The number of rotatable bonds is 6. The van der Waals surface area contributed by atoms with Gasteiger partial charge in [0.15, 0.2) is 0 Å². The number of hydrogen-bond donors (Lipinski definition) is 2. The highest BCUT2D eigenvalue weighted by molar-refractivity contribution is 5.90. The van der Waals surface area contributed by atoms with Crippen molar-refractivity contribution >= 4 is 17.6 Å². The number of carbonyl (C=O) groups is 2. The van der Waals surface area contributed by atoms with Gasteiger partial charge in [0, 0.05) is 25.3 Å². The molecule has 2 aromatic carbocycles. The number of piperidine rings is 1. The molecule has 6 nitrogen and oxygen atoms in total. The Labute approximate surface area is 178 Å². The fraction of sp³-hybridized carbons (Fsp3) is 0.417. The second kappa shape index (κ2) is 9.65. The first-order valence-electron chi connectivity index (χ1n) is 10.5. The Morgan fingerprint density at radius 1 is 1.13 bits per heavy atom. The van der Waals surface area contributed by atoms with Crippen molar-refractivity contribution in [1.82, 2.24) is 10.2 Å². The molecule has 0 aliphatic carbocycles. The monoisotopic (exact) mass is 409 g/mol. The molecule has 1 saturated heterocycles. The summed E-state index contributed by atoms with van der Waals surface area (Å²) in [5, 5.41) is 5.99. The van der Waals surface area contributed by atoms with Crippen molar-refractivity contribution in [2.24, 2.45) is 5.41 Å². The number of hydrogen-bond acceptors (Lipinski definition) is 3. The van der Waals surface area contributed by atoms with E-state index in [1.165, 1.54) is 0 Å². The minimum atomic E-state index is -0.600. The summed E-state index contributed by atoms with van der Waals surface area (Å²) in [5.41, 5.74) is 2.37. The van der Waals surface area contributed by atoms with Crippen molar-refractivity contribution < 1.29 is 14.3 Å². The normalized spacial score (nSPS) is 18.6. The van der Waals surface area contributed by atoms with E-state index in [1.807, 2.05) is 69.3 Å². The van der Waals surface area contributed by atoms with Crippen molar-refractivity contribution in [3.63, 3.8) is 0 Å². The van der Waals surface area contributed by atoms with Crippen LogP contribution in [0, 0.1) is 12.3 Å². The highest BCUT2D eigenvalue weighted by Crippen LogP contribution is 2.30. The number of aryl methyl sites for hydroxylation is 1. The van der Waals surface area contributed by atoms with E-state index in [0.29, 0.717) is 31.9 Å². The van der Waals surface area contributed by atoms with Gasteiger partial charge < -0.3 is 20.3 Å². The van der Waals surface area contributed by atoms with Gasteiger partial charge in [-0.2, -0.15) is 0 Å². The van der Waals surface area contributed by atoms with Crippen LogP contribution < -0.4 is 15.4 Å². The average Bonchev–Trinajstić information content (AvgIpc) is 2.74. The molecule has 30 heavy (non-hydrogen) atoms. The highest BCUT2D eigenvalue weighted by atomic mass is 16.5. The maximum absolute atomic E-state index is 12.9. The SMILES string of the molecule is CCOc1ccc(NC(=O)N2CCC[C@@](C)(C(=O)NCc3ccccc3C)C2)cc1. The first-order valence-corrected chi connectivity index (χ1v) is 10.5. The zero-order valence-electron chi connectivity index (χ0n) is 18.0. The Morgan fingerprint density at radius 2 is 1.87 bits per heavy atom. The number of benzene rings is 2. The molecule has 3 rings (SSSR count). The predicted molar refractivity (Wildman–Crippen MR) is 119 cm³/mol. The summed E-state index contributed by atoms with van der Waals surface area (Å²) >= 11 is 0. The molecular formula is C24H31N3O3. The minimum absolute atomic E-state index is 0.00989. The number of urea groups is 1. The summed E-state index contributed by atoms with van der Waals surface area (Å²) in [4.78, 5) is 27.4. The van der Waals surface area contributed by atoms with Crippen LogP contribution in [0.3, 0.4) is 0 Å². The van der Waals surface area contributed by atoms with Crippen molar-refractivity contribution in [3.05, 3.63) is 59.7 Å². The third kappa shape index (κ3) is 5.32. The zero-order chi connectivity index (χ0) is 21.6. The van der Waals surface area contributed by atoms with Crippen LogP contribution in [0.2, 0.25) is 0 Å². The van der Waals surface area contributed by atoms with E-state index >= 15 is 0 Å². The second-order valence-corrected chi connectivity index (χ2v) is 8.08. The van der Waals surface area contributed by atoms with E-state index in [2.05, 4.69) is 10.6 Å². The third-order valence-corrected chi connectivity index (χ3v) is 5.65. The molecule has 3 amide bonds. The third-order valence-electron chi connectivity index (χ3n) is 5.65. The van der Waals surface area contributed by atoms with Gasteiger partial charge >= 0.3 is 6.03 Å². The minimum Gasteiger partial charge on any atom is -0.494 e. The van der Waals surface area contributed by atoms with Crippen LogP contribution in [-0.2, 0) is 11.3 Å². The molecule has 2 aromatic rings. The van der Waals surface area contributed by atoms with Crippen molar-refractivity contribution in [2.45, 2.75) is 40.2 Å². The van der Waals surface area contributed by atoms with Gasteiger partial charge in [-0.05, 0) is 69.0 Å². The van der Waals surface area contributed by atoms with E-state index in [1.54, 1.807) is 4.90 Å². The quantitative estimate of drug-likeness (QED) is 0.745. The lowest BCUT2D eigenvalue weighted by Crippen LogP contribution is -2.52. The van der Waals surface area contributed by atoms with Gasteiger partial charge in [0.2, 0.25) is 5.91 Å². The van der Waals surface area contributed by atoms with Crippen LogP contribution in [0.4, 0.5) is 10.5 Å². The summed E-state index contributed by atoms with van der Waals surface area (Å²) in [5.74, 6) is 0.760. The first-order chi connectivity index (χ1) is 14.4. The molecule has 2 N–H and O–H groups in total. The van der Waals surface area contributed by atoms with Gasteiger partial charge in [-0.1, -0.05) is 24.3 Å². The van der Waals surface area contributed by atoms with E-state index in [0.717, 1.165) is 29.7 Å². The van der Waals surface area contributed by atoms with Gasteiger partial charge in [0.25, 0.3) is 0 Å². The molecule has 1 aliphatic rings.